The Morgan fingerprint density at radius 2 is 1.34 bits per heavy atom. The predicted molar refractivity (Wildman–Crippen MR) is 108 cm³/mol. The Morgan fingerprint density at radius 3 is 1.90 bits per heavy atom. The van der Waals surface area contributed by atoms with Gasteiger partial charge < -0.3 is 4.90 Å². The molecule has 5 nitrogen and oxygen atoms in total. The zero-order valence-corrected chi connectivity index (χ0v) is 16.5. The lowest BCUT2D eigenvalue weighted by Crippen LogP contribution is -2.40. The van der Waals surface area contributed by atoms with E-state index in [0.29, 0.717) is 23.1 Å². The largest absolute Gasteiger partial charge is 0.339 e. The fourth-order valence-corrected chi connectivity index (χ4v) is 6.42. The quantitative estimate of drug-likeness (QED) is 0.575. The van der Waals surface area contributed by atoms with Gasteiger partial charge in [0.1, 0.15) is 0 Å². The lowest BCUT2D eigenvalue weighted by Gasteiger charge is -2.37. The van der Waals surface area contributed by atoms with E-state index < -0.39 is 0 Å². The summed E-state index contributed by atoms with van der Waals surface area (Å²) in [7, 11) is 0. The van der Waals surface area contributed by atoms with Crippen molar-refractivity contribution in [1.29, 1.82) is 0 Å². The molecule has 1 aromatic carbocycles. The average molecular weight is 390 g/mol. The molecule has 2 saturated heterocycles. The first kappa shape index (κ1) is 17.4. The van der Waals surface area contributed by atoms with Crippen molar-refractivity contribution in [3.05, 3.63) is 42.0 Å². The summed E-state index contributed by atoms with van der Waals surface area (Å²) in [6.07, 6.45) is 10.0. The van der Waals surface area contributed by atoms with Crippen LogP contribution < -0.4 is 4.90 Å². The van der Waals surface area contributed by atoms with Gasteiger partial charge in [0.25, 0.3) is 5.91 Å². The third-order valence-corrected chi connectivity index (χ3v) is 7.93. The molecule has 1 aromatic rings. The van der Waals surface area contributed by atoms with Gasteiger partial charge in [-0.2, -0.15) is 0 Å². The van der Waals surface area contributed by atoms with Crippen molar-refractivity contribution in [2.45, 2.75) is 32.1 Å². The number of imide groups is 1. The molecule has 0 unspecified atom stereocenters. The minimum Gasteiger partial charge on any atom is -0.339 e. The van der Waals surface area contributed by atoms with E-state index in [1.54, 1.807) is 24.3 Å². The van der Waals surface area contributed by atoms with Crippen LogP contribution in [0.1, 0.15) is 42.5 Å². The van der Waals surface area contributed by atoms with Crippen molar-refractivity contribution in [1.82, 2.24) is 4.90 Å². The van der Waals surface area contributed by atoms with E-state index in [4.69, 9.17) is 0 Å². The number of nitrogens with zero attached hydrogens (tertiary/aromatic N) is 2. The number of carbonyl (C=O) groups is 3. The van der Waals surface area contributed by atoms with Crippen LogP contribution in [0.15, 0.2) is 36.4 Å². The first-order chi connectivity index (χ1) is 14.1. The minimum atomic E-state index is -0.181. The maximum absolute atomic E-state index is 13.2. The number of amides is 3. The van der Waals surface area contributed by atoms with Gasteiger partial charge in [0, 0.05) is 18.7 Å². The zero-order valence-electron chi connectivity index (χ0n) is 16.5. The van der Waals surface area contributed by atoms with E-state index >= 15 is 0 Å². The van der Waals surface area contributed by atoms with Crippen molar-refractivity contribution in [3.8, 4) is 0 Å². The molecule has 0 aromatic heterocycles. The fraction of sp³-hybridized carbons (Fsp3) is 0.542. The zero-order chi connectivity index (χ0) is 19.7. The summed E-state index contributed by atoms with van der Waals surface area (Å²) < 4.78 is 0. The Balaban J connectivity index is 1.24. The molecule has 6 aliphatic rings. The highest BCUT2D eigenvalue weighted by Gasteiger charge is 2.67. The van der Waals surface area contributed by atoms with E-state index in [1.807, 2.05) is 4.90 Å². The van der Waals surface area contributed by atoms with Gasteiger partial charge in [0.2, 0.25) is 11.8 Å². The summed E-state index contributed by atoms with van der Waals surface area (Å²) in [5, 5.41) is 0. The molecule has 0 N–H and O–H groups in total. The fourth-order valence-electron chi connectivity index (χ4n) is 6.42. The summed E-state index contributed by atoms with van der Waals surface area (Å²) in [6, 6.07) is 7.09. The molecule has 0 spiro atoms. The van der Waals surface area contributed by atoms with Gasteiger partial charge >= 0.3 is 0 Å². The summed E-state index contributed by atoms with van der Waals surface area (Å²) >= 11 is 0. The second kappa shape index (κ2) is 6.28. The lowest BCUT2D eigenvalue weighted by molar-refractivity contribution is -0.124. The first-order valence-corrected chi connectivity index (χ1v) is 11.1. The van der Waals surface area contributed by atoms with Gasteiger partial charge in [0.05, 0.1) is 17.5 Å². The predicted octanol–water partition coefficient (Wildman–Crippen LogP) is 3.26. The molecule has 2 heterocycles. The monoisotopic (exact) mass is 390 g/mol. The summed E-state index contributed by atoms with van der Waals surface area (Å²) in [4.78, 5) is 42.6. The van der Waals surface area contributed by atoms with Crippen molar-refractivity contribution in [2.75, 3.05) is 18.0 Å². The number of hydrogen-bond acceptors (Lipinski definition) is 3. The van der Waals surface area contributed by atoms with Crippen LogP contribution in [0.4, 0.5) is 5.69 Å². The van der Waals surface area contributed by atoms with E-state index in [0.717, 1.165) is 25.9 Å². The van der Waals surface area contributed by atoms with Crippen LogP contribution in [0, 0.1) is 35.5 Å². The molecule has 0 radical (unpaired) electrons. The Hall–Kier alpha value is -2.43. The van der Waals surface area contributed by atoms with E-state index in [9.17, 15) is 14.4 Å². The molecule has 5 heteroatoms. The van der Waals surface area contributed by atoms with E-state index in [-0.39, 0.29) is 41.4 Å². The van der Waals surface area contributed by atoms with Crippen LogP contribution in [-0.4, -0.2) is 35.7 Å². The second-order valence-corrected chi connectivity index (χ2v) is 9.42. The normalized spacial score (nSPS) is 37.4. The summed E-state index contributed by atoms with van der Waals surface area (Å²) in [5.74, 6) is 1.29. The summed E-state index contributed by atoms with van der Waals surface area (Å²) in [5.41, 5.74) is 1.24. The van der Waals surface area contributed by atoms with E-state index in [1.165, 1.54) is 24.2 Å². The van der Waals surface area contributed by atoms with Crippen LogP contribution in [0.3, 0.4) is 0 Å². The Morgan fingerprint density at radius 1 is 0.793 bits per heavy atom. The number of benzene rings is 1. The van der Waals surface area contributed by atoms with Gasteiger partial charge in [-0.05, 0) is 67.2 Å². The summed E-state index contributed by atoms with van der Waals surface area (Å²) in [6.45, 7) is 1.62. The standard InChI is InChI=1S/C24H26N2O3/c27-22(25-11-3-1-2-4-12-25)14-5-7-15(8-6-14)26-23(28)20-16-9-10-17(19-13-18(16)19)21(20)24(26)29/h5-10,16-21H,1-4,11-13H2/t16-,17-,18-,19+,20-,21+/m0/s1. The van der Waals surface area contributed by atoms with Crippen molar-refractivity contribution in [2.24, 2.45) is 35.5 Å². The number of carbonyl (C=O) groups excluding carboxylic acids is 3. The molecule has 2 saturated carbocycles. The molecule has 2 aliphatic heterocycles. The van der Waals surface area contributed by atoms with Crippen molar-refractivity contribution in [3.63, 3.8) is 0 Å². The van der Waals surface area contributed by atoms with Gasteiger partial charge in [-0.3, -0.25) is 19.3 Å². The lowest BCUT2D eigenvalue weighted by atomic mass is 9.63. The smallest absolute Gasteiger partial charge is 0.253 e. The Bertz CT molecular complexity index is 877. The molecule has 6 atom stereocenters. The molecule has 4 fully saturated rings. The third kappa shape index (κ3) is 2.49. The van der Waals surface area contributed by atoms with Gasteiger partial charge in [-0.1, -0.05) is 25.0 Å². The van der Waals surface area contributed by atoms with Crippen LogP contribution in [0.25, 0.3) is 0 Å². The maximum atomic E-state index is 13.2. The molecular formula is C24H26N2O3. The second-order valence-electron chi connectivity index (χ2n) is 9.42. The molecular weight excluding hydrogens is 364 g/mol. The highest BCUT2D eigenvalue weighted by Crippen LogP contribution is 2.65. The molecule has 2 bridgehead atoms. The number of allylic oxidation sites excluding steroid dienone is 2. The highest BCUT2D eigenvalue weighted by molar-refractivity contribution is 6.22. The topological polar surface area (TPSA) is 57.7 Å². The van der Waals surface area contributed by atoms with Crippen molar-refractivity contribution < 1.29 is 14.4 Å². The molecule has 7 rings (SSSR count). The van der Waals surface area contributed by atoms with E-state index in [2.05, 4.69) is 12.2 Å². The third-order valence-electron chi connectivity index (χ3n) is 7.93. The van der Waals surface area contributed by atoms with Crippen LogP contribution >= 0.6 is 0 Å². The Labute approximate surface area is 170 Å². The maximum Gasteiger partial charge on any atom is 0.253 e. The molecule has 3 amide bonds. The number of rotatable bonds is 2. The minimum absolute atomic E-state index is 0.0451. The van der Waals surface area contributed by atoms with Crippen molar-refractivity contribution >= 4 is 23.4 Å². The van der Waals surface area contributed by atoms with Gasteiger partial charge in [0.15, 0.2) is 0 Å². The molecule has 4 aliphatic carbocycles. The van der Waals surface area contributed by atoms with Crippen LogP contribution in [-0.2, 0) is 9.59 Å². The molecule has 29 heavy (non-hydrogen) atoms. The SMILES string of the molecule is O=C(c1ccc(N2C(=O)[C@@H]3[C@H]4C=C[C@@H]([C@@H]5C[C@H]45)[C@@H]3C2=O)cc1)N1CCCCCC1. The number of hydrogen-bond donors (Lipinski definition) is 0. The van der Waals surface area contributed by atoms with Gasteiger partial charge in [-0.15, -0.1) is 0 Å². The van der Waals surface area contributed by atoms with Gasteiger partial charge in [-0.25, -0.2) is 0 Å². The first-order valence-electron chi connectivity index (χ1n) is 11.1. The number of anilines is 1. The Kier molecular flexibility index (Phi) is 3.78. The van der Waals surface area contributed by atoms with Crippen LogP contribution in [0.5, 0.6) is 0 Å². The number of likely N-dealkylation sites (tertiary alicyclic amines) is 1. The highest BCUT2D eigenvalue weighted by atomic mass is 16.2. The molecule has 150 valence electrons. The van der Waals surface area contributed by atoms with Crippen LogP contribution in [0.2, 0.25) is 0 Å². The average Bonchev–Trinajstić information content (AvgIpc) is 3.55.